The summed E-state index contributed by atoms with van der Waals surface area (Å²) in [6.45, 7) is 0.629. The number of carboxylic acid groups (broad SMARTS) is 1. The molecule has 0 aliphatic carbocycles. The molecule has 2 atom stereocenters. The highest BCUT2D eigenvalue weighted by Crippen LogP contribution is 2.41. The molecule has 164 valence electrons. The van der Waals surface area contributed by atoms with Crippen molar-refractivity contribution in [1.82, 2.24) is 15.2 Å². The van der Waals surface area contributed by atoms with E-state index < -0.39 is 5.97 Å². The van der Waals surface area contributed by atoms with Gasteiger partial charge in [0.25, 0.3) is 0 Å². The van der Waals surface area contributed by atoms with Crippen molar-refractivity contribution >= 4 is 23.3 Å². The number of hydrogen-bond acceptors (Lipinski definition) is 4. The molecular weight excluding hydrogens is 434 g/mol. The summed E-state index contributed by atoms with van der Waals surface area (Å²) in [6, 6.07) is 26.1. The molecule has 6 nitrogen and oxygen atoms in total. The maximum atomic E-state index is 11.2. The van der Waals surface area contributed by atoms with Gasteiger partial charge in [0, 0.05) is 18.3 Å². The van der Waals surface area contributed by atoms with Crippen molar-refractivity contribution in [3.63, 3.8) is 0 Å². The van der Waals surface area contributed by atoms with Crippen molar-refractivity contribution in [2.75, 3.05) is 0 Å². The lowest BCUT2D eigenvalue weighted by molar-refractivity contribution is 0.0697. The number of carbonyl (C=O) groups is 1. The normalized spacial score (nSPS) is 17.7. The second kappa shape index (κ2) is 8.88. The van der Waals surface area contributed by atoms with Crippen LogP contribution in [-0.4, -0.2) is 26.1 Å². The predicted molar refractivity (Wildman–Crippen MR) is 129 cm³/mol. The molecule has 0 saturated carbocycles. The molecule has 7 heteroatoms. The molecule has 0 unspecified atom stereocenters. The molecule has 4 aromatic rings. The lowest BCUT2D eigenvalue weighted by Crippen LogP contribution is -2.29. The summed E-state index contributed by atoms with van der Waals surface area (Å²) in [4.78, 5) is 17.8. The van der Waals surface area contributed by atoms with E-state index >= 15 is 0 Å². The van der Waals surface area contributed by atoms with Crippen LogP contribution in [0.5, 0.6) is 0 Å². The average Bonchev–Trinajstić information content (AvgIpc) is 3.45. The van der Waals surface area contributed by atoms with Crippen LogP contribution in [0.4, 0.5) is 0 Å². The number of benzene rings is 2. The van der Waals surface area contributed by atoms with Gasteiger partial charge in [0.05, 0.1) is 17.3 Å². The van der Waals surface area contributed by atoms with E-state index in [1.807, 2.05) is 48.5 Å². The lowest BCUT2D eigenvalue weighted by atomic mass is 10.0. The second-order valence-electron chi connectivity index (χ2n) is 7.82. The largest absolute Gasteiger partial charge is 0.478 e. The predicted octanol–water partition coefficient (Wildman–Crippen LogP) is 5.21. The van der Waals surface area contributed by atoms with Gasteiger partial charge in [-0.05, 0) is 54.2 Å². The Labute approximate surface area is 196 Å². The summed E-state index contributed by atoms with van der Waals surface area (Å²) in [5.41, 5.74) is 3.07. The van der Waals surface area contributed by atoms with Crippen LogP contribution in [-0.2, 0) is 6.54 Å². The first kappa shape index (κ1) is 20.9. The number of aromatic nitrogens is 1. The molecule has 1 aliphatic rings. The molecule has 2 N–H and O–H groups in total. The molecule has 33 heavy (non-hydrogen) atoms. The fourth-order valence-corrected chi connectivity index (χ4v) is 4.41. The van der Waals surface area contributed by atoms with Crippen LogP contribution in [0.25, 0.3) is 11.3 Å². The Bertz CT molecular complexity index is 1270. The van der Waals surface area contributed by atoms with E-state index in [1.54, 1.807) is 30.5 Å². The van der Waals surface area contributed by atoms with Crippen molar-refractivity contribution < 1.29 is 14.3 Å². The van der Waals surface area contributed by atoms with E-state index in [0.717, 1.165) is 22.6 Å². The number of nitrogens with zero attached hydrogens (tertiary/aromatic N) is 2. The minimum atomic E-state index is -0.956. The quantitative estimate of drug-likeness (QED) is 0.386. The maximum absolute atomic E-state index is 11.2. The fraction of sp³-hybridized carbons (Fsp3) is 0.115. The SMILES string of the molecule is O=C(O)c1ccc(-c2ccc([C@H]3[C@@H](c4ccccn4)NC(=S)N3Cc3ccccc3)o2)cc1. The first-order valence-electron chi connectivity index (χ1n) is 10.6. The van der Waals surface area contributed by atoms with Gasteiger partial charge in [-0.2, -0.15) is 0 Å². The highest BCUT2D eigenvalue weighted by molar-refractivity contribution is 7.80. The van der Waals surface area contributed by atoms with Crippen LogP contribution in [0.3, 0.4) is 0 Å². The van der Waals surface area contributed by atoms with Crippen molar-refractivity contribution in [1.29, 1.82) is 0 Å². The lowest BCUT2D eigenvalue weighted by Gasteiger charge is -2.26. The molecule has 2 aromatic carbocycles. The number of thiocarbonyl (C=S) groups is 1. The average molecular weight is 456 g/mol. The molecule has 0 spiro atoms. The summed E-state index contributed by atoms with van der Waals surface area (Å²) in [5.74, 6) is 0.465. The Balaban J connectivity index is 1.51. The van der Waals surface area contributed by atoms with E-state index in [4.69, 9.17) is 21.7 Å². The summed E-state index contributed by atoms with van der Waals surface area (Å²) in [5, 5.41) is 13.2. The molecule has 0 radical (unpaired) electrons. The first-order chi connectivity index (χ1) is 16.1. The third kappa shape index (κ3) is 4.23. The zero-order valence-corrected chi connectivity index (χ0v) is 18.4. The Morgan fingerprint density at radius 2 is 1.76 bits per heavy atom. The summed E-state index contributed by atoms with van der Waals surface area (Å²) in [6.07, 6.45) is 1.77. The minimum absolute atomic E-state index is 0.171. The Hall–Kier alpha value is -3.97. The number of pyridine rings is 1. The zero-order valence-electron chi connectivity index (χ0n) is 17.6. The summed E-state index contributed by atoms with van der Waals surface area (Å²) < 4.78 is 6.31. The van der Waals surface area contributed by atoms with Crippen LogP contribution < -0.4 is 5.32 Å². The van der Waals surface area contributed by atoms with Gasteiger partial charge in [-0.3, -0.25) is 4.98 Å². The third-order valence-corrected chi connectivity index (χ3v) is 6.08. The second-order valence-corrected chi connectivity index (χ2v) is 8.21. The van der Waals surface area contributed by atoms with Crippen LogP contribution >= 0.6 is 12.2 Å². The number of rotatable bonds is 6. The molecule has 2 aromatic heterocycles. The molecule has 1 aliphatic heterocycles. The van der Waals surface area contributed by atoms with Gasteiger partial charge >= 0.3 is 5.97 Å². The van der Waals surface area contributed by atoms with Crippen molar-refractivity contribution in [3.8, 4) is 11.3 Å². The molecule has 0 bridgehead atoms. The highest BCUT2D eigenvalue weighted by Gasteiger charge is 2.41. The van der Waals surface area contributed by atoms with Gasteiger partial charge < -0.3 is 19.7 Å². The van der Waals surface area contributed by atoms with Crippen molar-refractivity contribution in [3.05, 3.63) is 114 Å². The Kier molecular flexibility index (Phi) is 5.62. The molecule has 0 amide bonds. The summed E-state index contributed by atoms with van der Waals surface area (Å²) in [7, 11) is 0. The smallest absolute Gasteiger partial charge is 0.335 e. The van der Waals surface area contributed by atoms with Crippen molar-refractivity contribution in [2.24, 2.45) is 0 Å². The van der Waals surface area contributed by atoms with E-state index in [9.17, 15) is 4.79 Å². The van der Waals surface area contributed by atoms with Gasteiger partial charge in [0.1, 0.15) is 17.6 Å². The standard InChI is InChI=1S/C26H21N3O3S/c30-25(31)19-11-9-18(10-12-19)21-13-14-22(32-21)24-23(20-8-4-5-15-27-20)28-26(33)29(24)16-17-6-2-1-3-7-17/h1-15,23-24H,16H2,(H,28,33)(H,30,31)/t23-,24+/m1/s1. The Morgan fingerprint density at radius 3 is 2.45 bits per heavy atom. The molecule has 1 fully saturated rings. The molecule has 1 saturated heterocycles. The van der Waals surface area contributed by atoms with E-state index in [1.165, 1.54) is 0 Å². The molecule has 3 heterocycles. The Morgan fingerprint density at radius 1 is 1.00 bits per heavy atom. The van der Waals surface area contributed by atoms with Gasteiger partial charge in [0.15, 0.2) is 5.11 Å². The van der Waals surface area contributed by atoms with E-state index in [0.29, 0.717) is 17.4 Å². The third-order valence-electron chi connectivity index (χ3n) is 5.73. The van der Waals surface area contributed by atoms with Crippen LogP contribution in [0, 0.1) is 0 Å². The number of aromatic carboxylic acids is 1. The topological polar surface area (TPSA) is 78.6 Å². The van der Waals surface area contributed by atoms with Gasteiger partial charge in [-0.15, -0.1) is 0 Å². The number of nitrogens with one attached hydrogen (secondary N) is 1. The number of carboxylic acids is 1. The maximum Gasteiger partial charge on any atom is 0.335 e. The van der Waals surface area contributed by atoms with E-state index in [-0.39, 0.29) is 17.6 Å². The van der Waals surface area contributed by atoms with E-state index in [2.05, 4.69) is 27.3 Å². The molecular formula is C26H21N3O3S. The monoisotopic (exact) mass is 455 g/mol. The molecule has 5 rings (SSSR count). The van der Waals surface area contributed by atoms with Crippen molar-refractivity contribution in [2.45, 2.75) is 18.6 Å². The first-order valence-corrected chi connectivity index (χ1v) is 11.0. The summed E-state index contributed by atoms with van der Waals surface area (Å²) >= 11 is 5.72. The van der Waals surface area contributed by atoms with Gasteiger partial charge in [-0.25, -0.2) is 4.79 Å². The zero-order chi connectivity index (χ0) is 22.8. The number of hydrogen-bond donors (Lipinski definition) is 2. The highest BCUT2D eigenvalue weighted by atomic mass is 32.1. The van der Waals surface area contributed by atoms with Crippen LogP contribution in [0.1, 0.15) is 39.5 Å². The fourth-order valence-electron chi connectivity index (χ4n) is 4.11. The van der Waals surface area contributed by atoms with Gasteiger partial charge in [-0.1, -0.05) is 48.5 Å². The van der Waals surface area contributed by atoms with Crippen LogP contribution in [0.15, 0.2) is 95.5 Å². The number of furan rings is 1. The van der Waals surface area contributed by atoms with Crippen LogP contribution in [0.2, 0.25) is 0 Å². The van der Waals surface area contributed by atoms with Gasteiger partial charge in [0.2, 0.25) is 0 Å². The minimum Gasteiger partial charge on any atom is -0.478 e.